The maximum absolute atomic E-state index is 12.3. The standard InChI is InChI=1S/C20H25N3O3/c1-4-10-23-19(8-9-21-23)22-20(24)7-6-15-12-18-16(11-14(3)26-18)13-17(15)25-5-2/h6-9,12-14H,4-5,10-11H2,1-3H3,(H,22,24)/b7-6+. The van der Waals surface area contributed by atoms with Crippen LogP contribution < -0.4 is 14.8 Å². The van der Waals surface area contributed by atoms with Crippen molar-refractivity contribution < 1.29 is 14.3 Å². The van der Waals surface area contributed by atoms with E-state index in [1.54, 1.807) is 23.0 Å². The number of ether oxygens (including phenoxy) is 2. The number of amides is 1. The zero-order valence-electron chi connectivity index (χ0n) is 15.5. The SMILES string of the molecule is CCCn1nccc1NC(=O)/C=C/c1cc2c(cc1OCC)CC(C)O2. The molecule has 2 aromatic rings. The molecule has 0 spiro atoms. The minimum atomic E-state index is -0.208. The van der Waals surface area contributed by atoms with Crippen molar-refractivity contribution in [3.63, 3.8) is 0 Å². The van der Waals surface area contributed by atoms with Crippen LogP contribution in [0, 0.1) is 0 Å². The van der Waals surface area contributed by atoms with Crippen LogP contribution in [-0.2, 0) is 17.8 Å². The number of carbonyl (C=O) groups is 1. The molecule has 138 valence electrons. The van der Waals surface area contributed by atoms with Gasteiger partial charge in [0.25, 0.3) is 0 Å². The summed E-state index contributed by atoms with van der Waals surface area (Å²) in [6, 6.07) is 5.74. The Morgan fingerprint density at radius 1 is 1.46 bits per heavy atom. The molecule has 3 rings (SSSR count). The van der Waals surface area contributed by atoms with Gasteiger partial charge < -0.3 is 14.8 Å². The van der Waals surface area contributed by atoms with Crippen LogP contribution in [0.15, 0.2) is 30.5 Å². The Bertz CT molecular complexity index is 811. The summed E-state index contributed by atoms with van der Waals surface area (Å²) in [4.78, 5) is 12.3. The molecular formula is C20H25N3O3. The summed E-state index contributed by atoms with van der Waals surface area (Å²) >= 11 is 0. The molecule has 1 N–H and O–H groups in total. The summed E-state index contributed by atoms with van der Waals surface area (Å²) in [6.45, 7) is 7.39. The Morgan fingerprint density at radius 2 is 2.31 bits per heavy atom. The molecule has 2 heterocycles. The molecule has 0 fully saturated rings. The minimum Gasteiger partial charge on any atom is -0.493 e. The van der Waals surface area contributed by atoms with E-state index in [2.05, 4.69) is 17.3 Å². The minimum absolute atomic E-state index is 0.167. The lowest BCUT2D eigenvalue weighted by molar-refractivity contribution is -0.111. The molecule has 1 aliphatic heterocycles. The third kappa shape index (κ3) is 4.07. The van der Waals surface area contributed by atoms with E-state index in [0.717, 1.165) is 42.0 Å². The Hall–Kier alpha value is -2.76. The molecule has 0 aliphatic carbocycles. The highest BCUT2D eigenvalue weighted by Crippen LogP contribution is 2.35. The van der Waals surface area contributed by atoms with Crippen LogP contribution in [0.2, 0.25) is 0 Å². The monoisotopic (exact) mass is 355 g/mol. The number of benzene rings is 1. The van der Waals surface area contributed by atoms with Crippen LogP contribution in [-0.4, -0.2) is 28.4 Å². The predicted molar refractivity (Wildman–Crippen MR) is 102 cm³/mol. The summed E-state index contributed by atoms with van der Waals surface area (Å²) in [5.74, 6) is 2.11. The summed E-state index contributed by atoms with van der Waals surface area (Å²) in [5.41, 5.74) is 1.97. The summed E-state index contributed by atoms with van der Waals surface area (Å²) in [5, 5.41) is 7.06. The van der Waals surface area contributed by atoms with Gasteiger partial charge in [-0.25, -0.2) is 4.68 Å². The van der Waals surface area contributed by atoms with Gasteiger partial charge in [-0.1, -0.05) is 6.92 Å². The number of nitrogens with zero attached hydrogens (tertiary/aromatic N) is 2. The van der Waals surface area contributed by atoms with Crippen molar-refractivity contribution in [2.45, 2.75) is 46.3 Å². The third-order valence-corrected chi connectivity index (χ3v) is 4.15. The number of hydrogen-bond acceptors (Lipinski definition) is 4. The Kier molecular flexibility index (Phi) is 5.61. The molecule has 1 unspecified atom stereocenters. The van der Waals surface area contributed by atoms with E-state index in [1.807, 2.05) is 26.0 Å². The number of aromatic nitrogens is 2. The van der Waals surface area contributed by atoms with E-state index in [1.165, 1.54) is 6.08 Å². The average Bonchev–Trinajstić information content (AvgIpc) is 3.18. The van der Waals surface area contributed by atoms with Crippen LogP contribution in [0.3, 0.4) is 0 Å². The third-order valence-electron chi connectivity index (χ3n) is 4.15. The normalized spacial score (nSPS) is 15.7. The van der Waals surface area contributed by atoms with Gasteiger partial charge in [-0.05, 0) is 38.5 Å². The van der Waals surface area contributed by atoms with Gasteiger partial charge in [0.2, 0.25) is 5.91 Å². The first-order valence-electron chi connectivity index (χ1n) is 9.08. The number of carbonyl (C=O) groups excluding carboxylic acids is 1. The summed E-state index contributed by atoms with van der Waals surface area (Å²) in [6.07, 6.45) is 6.94. The van der Waals surface area contributed by atoms with E-state index in [9.17, 15) is 4.79 Å². The van der Waals surface area contributed by atoms with E-state index >= 15 is 0 Å². The first-order chi connectivity index (χ1) is 12.6. The van der Waals surface area contributed by atoms with Crippen LogP contribution in [0.25, 0.3) is 6.08 Å². The van der Waals surface area contributed by atoms with Crippen LogP contribution >= 0.6 is 0 Å². The fourth-order valence-corrected chi connectivity index (χ4v) is 3.03. The van der Waals surface area contributed by atoms with E-state index in [4.69, 9.17) is 9.47 Å². The molecule has 1 aliphatic rings. The Morgan fingerprint density at radius 3 is 3.08 bits per heavy atom. The van der Waals surface area contributed by atoms with Gasteiger partial charge >= 0.3 is 0 Å². The molecule has 1 amide bonds. The van der Waals surface area contributed by atoms with Crippen molar-refractivity contribution >= 4 is 17.8 Å². The van der Waals surface area contributed by atoms with Gasteiger partial charge in [0.15, 0.2) is 0 Å². The predicted octanol–water partition coefficient (Wildman–Crippen LogP) is 3.67. The van der Waals surface area contributed by atoms with Gasteiger partial charge in [0.05, 0.1) is 12.8 Å². The molecule has 6 heteroatoms. The van der Waals surface area contributed by atoms with E-state index in [0.29, 0.717) is 12.4 Å². The number of anilines is 1. The second-order valence-corrected chi connectivity index (χ2v) is 6.33. The zero-order chi connectivity index (χ0) is 18.5. The maximum Gasteiger partial charge on any atom is 0.249 e. The molecule has 1 aromatic carbocycles. The van der Waals surface area contributed by atoms with Gasteiger partial charge in [0, 0.05) is 36.2 Å². The molecule has 26 heavy (non-hydrogen) atoms. The van der Waals surface area contributed by atoms with Gasteiger partial charge in [0.1, 0.15) is 23.4 Å². The zero-order valence-corrected chi connectivity index (χ0v) is 15.5. The number of fused-ring (bicyclic) bond motifs is 1. The lowest BCUT2D eigenvalue weighted by Gasteiger charge is -2.10. The second kappa shape index (κ2) is 8.08. The van der Waals surface area contributed by atoms with Gasteiger partial charge in [-0.2, -0.15) is 5.10 Å². The van der Waals surface area contributed by atoms with Crippen molar-refractivity contribution in [1.82, 2.24) is 9.78 Å². The lowest BCUT2D eigenvalue weighted by Crippen LogP contribution is -2.13. The Labute approximate surface area is 153 Å². The van der Waals surface area contributed by atoms with Crippen molar-refractivity contribution in [2.75, 3.05) is 11.9 Å². The first kappa shape index (κ1) is 18.0. The van der Waals surface area contributed by atoms with Crippen molar-refractivity contribution in [2.24, 2.45) is 0 Å². The summed E-state index contributed by atoms with van der Waals surface area (Å²) < 4.78 is 13.3. The van der Waals surface area contributed by atoms with Crippen molar-refractivity contribution in [1.29, 1.82) is 0 Å². The van der Waals surface area contributed by atoms with Crippen LogP contribution in [0.5, 0.6) is 11.5 Å². The topological polar surface area (TPSA) is 65.4 Å². The maximum atomic E-state index is 12.3. The molecule has 0 radical (unpaired) electrons. The smallest absolute Gasteiger partial charge is 0.249 e. The molecule has 1 atom stereocenters. The number of nitrogens with one attached hydrogen (secondary N) is 1. The van der Waals surface area contributed by atoms with Crippen LogP contribution in [0.1, 0.15) is 38.3 Å². The van der Waals surface area contributed by atoms with E-state index < -0.39 is 0 Å². The number of hydrogen-bond donors (Lipinski definition) is 1. The molecule has 0 saturated heterocycles. The molecule has 0 saturated carbocycles. The lowest BCUT2D eigenvalue weighted by atomic mass is 10.1. The van der Waals surface area contributed by atoms with Crippen molar-refractivity contribution in [3.8, 4) is 11.5 Å². The highest BCUT2D eigenvalue weighted by Gasteiger charge is 2.21. The highest BCUT2D eigenvalue weighted by molar-refractivity contribution is 6.01. The number of rotatable bonds is 7. The fraction of sp³-hybridized carbons (Fsp3) is 0.400. The van der Waals surface area contributed by atoms with Crippen molar-refractivity contribution in [3.05, 3.63) is 41.6 Å². The van der Waals surface area contributed by atoms with Gasteiger partial charge in [-0.15, -0.1) is 0 Å². The van der Waals surface area contributed by atoms with E-state index in [-0.39, 0.29) is 12.0 Å². The second-order valence-electron chi connectivity index (χ2n) is 6.33. The molecule has 0 bridgehead atoms. The first-order valence-corrected chi connectivity index (χ1v) is 9.08. The van der Waals surface area contributed by atoms with Crippen LogP contribution in [0.4, 0.5) is 5.82 Å². The largest absolute Gasteiger partial charge is 0.493 e. The molecule has 6 nitrogen and oxygen atoms in total. The highest BCUT2D eigenvalue weighted by atomic mass is 16.5. The fourth-order valence-electron chi connectivity index (χ4n) is 3.03. The quantitative estimate of drug-likeness (QED) is 0.770. The molecule has 1 aromatic heterocycles. The molecular weight excluding hydrogens is 330 g/mol. The summed E-state index contributed by atoms with van der Waals surface area (Å²) in [7, 11) is 0. The van der Waals surface area contributed by atoms with Gasteiger partial charge in [-0.3, -0.25) is 4.79 Å². The Balaban J connectivity index is 1.76. The number of aryl methyl sites for hydroxylation is 1. The average molecular weight is 355 g/mol.